The van der Waals surface area contributed by atoms with Crippen molar-refractivity contribution in [2.24, 2.45) is 0 Å². The SMILES string of the molecule is Cc1ccc(/C=C2\SC(=S)N(C[C@H]3CCCO3)C2=O)s1. The molecule has 3 heterocycles. The Kier molecular flexibility index (Phi) is 4.26. The monoisotopic (exact) mass is 325 g/mol. The highest BCUT2D eigenvalue weighted by atomic mass is 32.2. The molecule has 6 heteroatoms. The lowest BCUT2D eigenvalue weighted by Crippen LogP contribution is -2.35. The predicted molar refractivity (Wildman–Crippen MR) is 87.9 cm³/mol. The lowest BCUT2D eigenvalue weighted by molar-refractivity contribution is -0.123. The van der Waals surface area contributed by atoms with Gasteiger partial charge in [0.25, 0.3) is 5.91 Å². The highest BCUT2D eigenvalue weighted by Gasteiger charge is 2.34. The molecule has 1 amide bonds. The van der Waals surface area contributed by atoms with Crippen LogP contribution in [0.5, 0.6) is 0 Å². The fourth-order valence-electron chi connectivity index (χ4n) is 2.31. The van der Waals surface area contributed by atoms with E-state index in [2.05, 4.69) is 13.0 Å². The van der Waals surface area contributed by atoms with Crippen LogP contribution in [-0.4, -0.2) is 34.4 Å². The maximum Gasteiger partial charge on any atom is 0.266 e. The Hall–Kier alpha value is -0.690. The van der Waals surface area contributed by atoms with Gasteiger partial charge in [0, 0.05) is 16.4 Å². The summed E-state index contributed by atoms with van der Waals surface area (Å²) in [4.78, 5) is 17.2. The van der Waals surface area contributed by atoms with Crippen molar-refractivity contribution < 1.29 is 9.53 Å². The van der Waals surface area contributed by atoms with Crippen LogP contribution < -0.4 is 0 Å². The van der Waals surface area contributed by atoms with E-state index in [0.717, 1.165) is 29.2 Å². The lowest BCUT2D eigenvalue weighted by Gasteiger charge is -2.18. The zero-order valence-corrected chi connectivity index (χ0v) is 13.6. The molecule has 2 fully saturated rings. The van der Waals surface area contributed by atoms with E-state index in [1.165, 1.54) is 16.6 Å². The van der Waals surface area contributed by atoms with Crippen LogP contribution in [-0.2, 0) is 9.53 Å². The average molecular weight is 325 g/mol. The molecule has 1 aromatic heterocycles. The number of carbonyl (C=O) groups is 1. The Labute approximate surface area is 132 Å². The smallest absolute Gasteiger partial charge is 0.266 e. The van der Waals surface area contributed by atoms with Gasteiger partial charge in [0.2, 0.25) is 0 Å². The van der Waals surface area contributed by atoms with Crippen molar-refractivity contribution in [2.75, 3.05) is 13.2 Å². The van der Waals surface area contributed by atoms with Crippen LogP contribution in [0.1, 0.15) is 22.6 Å². The highest BCUT2D eigenvalue weighted by Crippen LogP contribution is 2.34. The number of hydrogen-bond donors (Lipinski definition) is 0. The Bertz CT molecular complexity index is 573. The van der Waals surface area contributed by atoms with Crippen LogP contribution in [0.25, 0.3) is 6.08 Å². The molecule has 0 spiro atoms. The fraction of sp³-hybridized carbons (Fsp3) is 0.429. The number of thiophene rings is 1. The molecular weight excluding hydrogens is 310 g/mol. The maximum atomic E-state index is 12.4. The van der Waals surface area contributed by atoms with E-state index in [-0.39, 0.29) is 12.0 Å². The number of carbonyl (C=O) groups excluding carboxylic acids is 1. The van der Waals surface area contributed by atoms with E-state index in [9.17, 15) is 4.79 Å². The number of thiocarbonyl (C=S) groups is 1. The van der Waals surface area contributed by atoms with Gasteiger partial charge in [-0.15, -0.1) is 11.3 Å². The van der Waals surface area contributed by atoms with Gasteiger partial charge in [0.15, 0.2) is 0 Å². The van der Waals surface area contributed by atoms with E-state index < -0.39 is 0 Å². The molecular formula is C14H15NO2S3. The van der Waals surface area contributed by atoms with Crippen LogP contribution in [0.15, 0.2) is 17.0 Å². The summed E-state index contributed by atoms with van der Waals surface area (Å²) in [6.07, 6.45) is 4.16. The van der Waals surface area contributed by atoms with Gasteiger partial charge in [-0.3, -0.25) is 9.69 Å². The minimum absolute atomic E-state index is 0.0153. The molecule has 1 atom stereocenters. The number of nitrogens with zero attached hydrogens (tertiary/aromatic N) is 1. The first-order valence-electron chi connectivity index (χ1n) is 6.57. The maximum absolute atomic E-state index is 12.4. The summed E-state index contributed by atoms with van der Waals surface area (Å²) in [6, 6.07) is 4.09. The zero-order chi connectivity index (χ0) is 14.1. The van der Waals surface area contributed by atoms with Gasteiger partial charge >= 0.3 is 0 Å². The number of aryl methyl sites for hydroxylation is 1. The van der Waals surface area contributed by atoms with Gasteiger partial charge in [-0.2, -0.15) is 0 Å². The molecule has 3 nitrogen and oxygen atoms in total. The third-order valence-electron chi connectivity index (χ3n) is 3.32. The zero-order valence-electron chi connectivity index (χ0n) is 11.1. The number of amides is 1. The molecule has 0 saturated carbocycles. The first kappa shape index (κ1) is 14.3. The largest absolute Gasteiger partial charge is 0.376 e. The summed E-state index contributed by atoms with van der Waals surface area (Å²) < 4.78 is 6.23. The normalized spacial score (nSPS) is 25.1. The van der Waals surface area contributed by atoms with Gasteiger partial charge in [-0.25, -0.2) is 0 Å². The second-order valence-electron chi connectivity index (χ2n) is 4.88. The van der Waals surface area contributed by atoms with Gasteiger partial charge in [0.05, 0.1) is 17.6 Å². The molecule has 3 rings (SSSR count). The van der Waals surface area contributed by atoms with Crippen molar-refractivity contribution in [3.05, 3.63) is 26.8 Å². The van der Waals surface area contributed by atoms with Crippen molar-refractivity contribution in [1.82, 2.24) is 4.90 Å². The number of rotatable bonds is 3. The highest BCUT2D eigenvalue weighted by molar-refractivity contribution is 8.26. The number of hydrogen-bond acceptors (Lipinski definition) is 5. The summed E-state index contributed by atoms with van der Waals surface area (Å²) in [7, 11) is 0. The number of ether oxygens (including phenoxy) is 1. The molecule has 0 bridgehead atoms. The van der Waals surface area contributed by atoms with Crippen molar-refractivity contribution in [3.63, 3.8) is 0 Å². The summed E-state index contributed by atoms with van der Waals surface area (Å²) in [5.74, 6) is 0.0153. The molecule has 0 unspecified atom stereocenters. The minimum Gasteiger partial charge on any atom is -0.376 e. The standard InChI is InChI=1S/C14H15NO2S3/c1-9-4-5-11(19-9)7-12-13(16)15(14(18)20-12)8-10-3-2-6-17-10/h4-5,7,10H,2-3,6,8H2,1H3/b12-7-/t10-/m1/s1. The molecule has 0 N–H and O–H groups in total. The predicted octanol–water partition coefficient (Wildman–Crippen LogP) is 3.44. The first-order chi connectivity index (χ1) is 9.63. The van der Waals surface area contributed by atoms with Crippen molar-refractivity contribution in [2.45, 2.75) is 25.9 Å². The third kappa shape index (κ3) is 2.98. The first-order valence-corrected chi connectivity index (χ1v) is 8.61. The van der Waals surface area contributed by atoms with E-state index >= 15 is 0 Å². The summed E-state index contributed by atoms with van der Waals surface area (Å²) in [6.45, 7) is 3.44. The Balaban J connectivity index is 1.74. The fourth-order valence-corrected chi connectivity index (χ4v) is 4.47. The van der Waals surface area contributed by atoms with Crippen LogP contribution in [0.2, 0.25) is 0 Å². The van der Waals surface area contributed by atoms with E-state index in [4.69, 9.17) is 17.0 Å². The topological polar surface area (TPSA) is 29.5 Å². The molecule has 2 saturated heterocycles. The van der Waals surface area contributed by atoms with Gasteiger partial charge in [-0.05, 0) is 38.0 Å². The van der Waals surface area contributed by atoms with Gasteiger partial charge in [-0.1, -0.05) is 24.0 Å². The van der Waals surface area contributed by atoms with E-state index in [1.54, 1.807) is 16.2 Å². The molecule has 2 aliphatic rings. The lowest BCUT2D eigenvalue weighted by atomic mass is 10.2. The minimum atomic E-state index is 0.0153. The van der Waals surface area contributed by atoms with Gasteiger partial charge in [0.1, 0.15) is 4.32 Å². The molecule has 20 heavy (non-hydrogen) atoms. The van der Waals surface area contributed by atoms with Crippen molar-refractivity contribution in [1.29, 1.82) is 0 Å². The molecule has 106 valence electrons. The second-order valence-corrected chi connectivity index (χ2v) is 7.87. The third-order valence-corrected chi connectivity index (χ3v) is 5.64. The second kappa shape index (κ2) is 5.97. The Morgan fingerprint density at radius 3 is 3.05 bits per heavy atom. The van der Waals surface area contributed by atoms with Crippen molar-refractivity contribution >= 4 is 51.6 Å². The van der Waals surface area contributed by atoms with Crippen molar-refractivity contribution in [3.8, 4) is 0 Å². The summed E-state index contributed by atoms with van der Waals surface area (Å²) in [5.41, 5.74) is 0. The quantitative estimate of drug-likeness (QED) is 0.629. The van der Waals surface area contributed by atoms with E-state index in [1.807, 2.05) is 12.1 Å². The summed E-state index contributed by atoms with van der Waals surface area (Å²) in [5, 5.41) is 0. The average Bonchev–Trinajstić information content (AvgIpc) is 3.10. The van der Waals surface area contributed by atoms with E-state index in [0.29, 0.717) is 10.9 Å². The Morgan fingerprint density at radius 2 is 2.40 bits per heavy atom. The molecule has 1 aromatic rings. The van der Waals surface area contributed by atoms with Crippen LogP contribution in [0.3, 0.4) is 0 Å². The Morgan fingerprint density at radius 1 is 1.55 bits per heavy atom. The molecule has 0 aromatic carbocycles. The summed E-state index contributed by atoms with van der Waals surface area (Å²) >= 11 is 8.40. The van der Waals surface area contributed by atoms with Crippen LogP contribution in [0, 0.1) is 6.92 Å². The van der Waals surface area contributed by atoms with Gasteiger partial charge < -0.3 is 4.74 Å². The molecule has 2 aliphatic heterocycles. The van der Waals surface area contributed by atoms with Crippen LogP contribution in [0.4, 0.5) is 0 Å². The molecule has 0 radical (unpaired) electrons. The van der Waals surface area contributed by atoms with Crippen LogP contribution >= 0.6 is 35.3 Å². The number of thioether (sulfide) groups is 1. The molecule has 0 aliphatic carbocycles.